The largest absolute Gasteiger partial charge is 0.322 e. The van der Waals surface area contributed by atoms with Gasteiger partial charge in [0, 0.05) is 17.0 Å². The quantitative estimate of drug-likeness (QED) is 0.818. The van der Waals surface area contributed by atoms with Crippen molar-refractivity contribution in [2.24, 2.45) is 0 Å². The summed E-state index contributed by atoms with van der Waals surface area (Å²) in [6.07, 6.45) is 1.00. The van der Waals surface area contributed by atoms with Crippen LogP contribution in [0.2, 0.25) is 0 Å². The predicted octanol–water partition coefficient (Wildman–Crippen LogP) is 1.60. The lowest BCUT2D eigenvalue weighted by Gasteiger charge is -2.05. The van der Waals surface area contributed by atoms with Crippen LogP contribution in [-0.2, 0) is 6.42 Å². The summed E-state index contributed by atoms with van der Waals surface area (Å²) in [6.45, 7) is 2.94. The van der Waals surface area contributed by atoms with Crippen molar-refractivity contribution in [2.45, 2.75) is 13.3 Å². The van der Waals surface area contributed by atoms with Gasteiger partial charge in [-0.25, -0.2) is 0 Å². The normalized spacial score (nSPS) is 10.9. The molecule has 0 bridgehead atoms. The van der Waals surface area contributed by atoms with E-state index in [4.69, 9.17) is 0 Å². The fraction of sp³-hybridized carbons (Fsp3) is 0.308. The van der Waals surface area contributed by atoms with Crippen molar-refractivity contribution in [1.82, 2.24) is 10.3 Å². The molecule has 0 aliphatic rings. The van der Waals surface area contributed by atoms with E-state index in [1.54, 1.807) is 6.07 Å². The number of pyridine rings is 1. The number of H-pyrrole nitrogens is 1. The van der Waals surface area contributed by atoms with E-state index in [9.17, 15) is 4.79 Å². The molecule has 0 unspecified atom stereocenters. The third kappa shape index (κ3) is 2.14. The minimum Gasteiger partial charge on any atom is -0.322 e. The highest BCUT2D eigenvalue weighted by Gasteiger charge is 2.01. The van der Waals surface area contributed by atoms with Crippen LogP contribution in [0.15, 0.2) is 29.1 Å². The molecule has 84 valence electrons. The molecule has 1 heterocycles. The third-order valence-electron chi connectivity index (χ3n) is 2.78. The molecular formula is C13H16N2O. The zero-order chi connectivity index (χ0) is 11.5. The maximum Gasteiger partial charge on any atom is 0.248 e. The first-order valence-corrected chi connectivity index (χ1v) is 5.48. The van der Waals surface area contributed by atoms with E-state index in [1.807, 2.05) is 20.0 Å². The lowest BCUT2D eigenvalue weighted by Crippen LogP contribution is -2.10. The van der Waals surface area contributed by atoms with Gasteiger partial charge < -0.3 is 10.3 Å². The summed E-state index contributed by atoms with van der Waals surface area (Å²) in [4.78, 5) is 14.1. The number of hydrogen-bond acceptors (Lipinski definition) is 2. The van der Waals surface area contributed by atoms with Crippen LogP contribution in [0.3, 0.4) is 0 Å². The Morgan fingerprint density at radius 1 is 1.31 bits per heavy atom. The van der Waals surface area contributed by atoms with E-state index in [-0.39, 0.29) is 5.56 Å². The zero-order valence-electron chi connectivity index (χ0n) is 9.63. The number of aromatic amines is 1. The fourth-order valence-corrected chi connectivity index (χ4v) is 1.89. The van der Waals surface area contributed by atoms with E-state index < -0.39 is 0 Å². The molecule has 2 rings (SSSR count). The number of aryl methyl sites for hydroxylation is 1. The molecule has 0 atom stereocenters. The van der Waals surface area contributed by atoms with Crippen LogP contribution in [0.4, 0.5) is 0 Å². The molecule has 0 saturated carbocycles. The molecule has 2 aromatic rings. The Kier molecular flexibility index (Phi) is 3.06. The number of rotatable bonds is 3. The van der Waals surface area contributed by atoms with E-state index in [1.165, 1.54) is 5.56 Å². The molecule has 0 fully saturated rings. The molecule has 0 aliphatic carbocycles. The highest BCUT2D eigenvalue weighted by Crippen LogP contribution is 2.16. The van der Waals surface area contributed by atoms with Crippen LogP contribution in [0.1, 0.15) is 11.1 Å². The minimum absolute atomic E-state index is 0.0343. The molecular weight excluding hydrogens is 200 g/mol. The van der Waals surface area contributed by atoms with Crippen LogP contribution < -0.4 is 10.9 Å². The van der Waals surface area contributed by atoms with Crippen molar-refractivity contribution in [3.63, 3.8) is 0 Å². The molecule has 1 aromatic carbocycles. The Hall–Kier alpha value is -1.61. The summed E-state index contributed by atoms with van der Waals surface area (Å²) < 4.78 is 0. The van der Waals surface area contributed by atoms with Gasteiger partial charge in [-0.05, 0) is 50.2 Å². The summed E-state index contributed by atoms with van der Waals surface area (Å²) in [6, 6.07) is 7.84. The van der Waals surface area contributed by atoms with Crippen molar-refractivity contribution in [1.29, 1.82) is 0 Å². The van der Waals surface area contributed by atoms with Gasteiger partial charge in [0.15, 0.2) is 0 Å². The Labute approximate surface area is 94.5 Å². The first-order valence-electron chi connectivity index (χ1n) is 5.48. The number of nitrogens with one attached hydrogen (secondary N) is 2. The molecule has 3 nitrogen and oxygen atoms in total. The van der Waals surface area contributed by atoms with Gasteiger partial charge in [-0.15, -0.1) is 0 Å². The smallest absolute Gasteiger partial charge is 0.248 e. The van der Waals surface area contributed by atoms with Gasteiger partial charge in [0.05, 0.1) is 0 Å². The first kappa shape index (κ1) is 10.9. The van der Waals surface area contributed by atoms with Gasteiger partial charge in [-0.1, -0.05) is 6.07 Å². The van der Waals surface area contributed by atoms with Crippen LogP contribution in [0.5, 0.6) is 0 Å². The lowest BCUT2D eigenvalue weighted by atomic mass is 10.1. The minimum atomic E-state index is -0.0343. The Bertz CT molecular complexity index is 557. The molecule has 1 aromatic heterocycles. The standard InChI is InChI=1S/C13H16N2O/c1-9-7-13(16)15-12-4-3-10(5-6-14-2)8-11(9)12/h3-4,7-8,14H,5-6H2,1-2H3,(H,15,16). The Balaban J connectivity index is 2.49. The predicted molar refractivity (Wildman–Crippen MR) is 66.9 cm³/mol. The molecule has 0 aliphatic heterocycles. The number of benzene rings is 1. The average Bonchev–Trinajstić information content (AvgIpc) is 2.26. The van der Waals surface area contributed by atoms with Crippen molar-refractivity contribution < 1.29 is 0 Å². The molecule has 0 saturated heterocycles. The first-order chi connectivity index (χ1) is 7.70. The fourth-order valence-electron chi connectivity index (χ4n) is 1.89. The molecule has 0 amide bonds. The zero-order valence-corrected chi connectivity index (χ0v) is 9.63. The van der Waals surface area contributed by atoms with E-state index in [0.29, 0.717) is 0 Å². The summed E-state index contributed by atoms with van der Waals surface area (Å²) in [7, 11) is 1.95. The summed E-state index contributed by atoms with van der Waals surface area (Å²) in [5.41, 5.74) is 3.20. The Morgan fingerprint density at radius 3 is 2.88 bits per heavy atom. The summed E-state index contributed by atoms with van der Waals surface area (Å²) >= 11 is 0. The van der Waals surface area contributed by atoms with Gasteiger partial charge >= 0.3 is 0 Å². The number of aromatic nitrogens is 1. The highest BCUT2D eigenvalue weighted by atomic mass is 16.1. The molecule has 2 N–H and O–H groups in total. The second-order valence-corrected chi connectivity index (χ2v) is 4.05. The van der Waals surface area contributed by atoms with Crippen molar-refractivity contribution in [3.05, 3.63) is 45.7 Å². The second kappa shape index (κ2) is 4.49. The maximum atomic E-state index is 11.3. The molecule has 3 heteroatoms. The van der Waals surface area contributed by atoms with Gasteiger partial charge in [0.2, 0.25) is 5.56 Å². The third-order valence-corrected chi connectivity index (χ3v) is 2.78. The topological polar surface area (TPSA) is 44.9 Å². The number of hydrogen-bond donors (Lipinski definition) is 2. The van der Waals surface area contributed by atoms with Crippen LogP contribution in [-0.4, -0.2) is 18.6 Å². The molecule has 0 radical (unpaired) electrons. The van der Waals surface area contributed by atoms with Crippen LogP contribution in [0.25, 0.3) is 10.9 Å². The second-order valence-electron chi connectivity index (χ2n) is 4.05. The van der Waals surface area contributed by atoms with Crippen molar-refractivity contribution >= 4 is 10.9 Å². The Morgan fingerprint density at radius 2 is 2.12 bits per heavy atom. The van der Waals surface area contributed by atoms with Gasteiger partial charge in [0.1, 0.15) is 0 Å². The van der Waals surface area contributed by atoms with Crippen LogP contribution >= 0.6 is 0 Å². The number of likely N-dealkylation sites (N-methyl/N-ethyl adjacent to an activating group) is 1. The average molecular weight is 216 g/mol. The SMILES string of the molecule is CNCCc1ccc2[nH]c(=O)cc(C)c2c1. The summed E-state index contributed by atoms with van der Waals surface area (Å²) in [5.74, 6) is 0. The van der Waals surface area contributed by atoms with E-state index >= 15 is 0 Å². The molecule has 16 heavy (non-hydrogen) atoms. The van der Waals surface area contributed by atoms with Gasteiger partial charge in [-0.2, -0.15) is 0 Å². The van der Waals surface area contributed by atoms with Gasteiger partial charge in [-0.3, -0.25) is 4.79 Å². The number of fused-ring (bicyclic) bond motifs is 1. The lowest BCUT2D eigenvalue weighted by molar-refractivity contribution is 0.792. The van der Waals surface area contributed by atoms with Crippen LogP contribution in [0, 0.1) is 6.92 Å². The van der Waals surface area contributed by atoms with Crippen molar-refractivity contribution in [3.8, 4) is 0 Å². The monoisotopic (exact) mass is 216 g/mol. The maximum absolute atomic E-state index is 11.3. The van der Waals surface area contributed by atoms with Gasteiger partial charge in [0.25, 0.3) is 0 Å². The highest BCUT2D eigenvalue weighted by molar-refractivity contribution is 5.82. The van der Waals surface area contributed by atoms with E-state index in [2.05, 4.69) is 22.4 Å². The van der Waals surface area contributed by atoms with Crippen molar-refractivity contribution in [2.75, 3.05) is 13.6 Å². The van der Waals surface area contributed by atoms with E-state index in [0.717, 1.165) is 29.4 Å². The molecule has 0 spiro atoms. The summed E-state index contributed by atoms with van der Waals surface area (Å²) in [5, 5.41) is 4.26.